The predicted molar refractivity (Wildman–Crippen MR) is 99.9 cm³/mol. The molecule has 7 heteroatoms. The van der Waals surface area contributed by atoms with Gasteiger partial charge in [-0.1, -0.05) is 12.1 Å². The second-order valence-electron chi connectivity index (χ2n) is 6.22. The summed E-state index contributed by atoms with van der Waals surface area (Å²) in [4.78, 5) is 36.2. The largest absolute Gasteiger partial charge is 0.482 e. The molecular formula is C20H22N2O5. The van der Waals surface area contributed by atoms with Crippen LogP contribution >= 0.6 is 0 Å². The Balaban J connectivity index is 1.98. The Hall–Kier alpha value is -3.35. The van der Waals surface area contributed by atoms with E-state index in [-0.39, 0.29) is 17.9 Å². The van der Waals surface area contributed by atoms with Gasteiger partial charge in [-0.2, -0.15) is 0 Å². The van der Waals surface area contributed by atoms with Crippen molar-refractivity contribution in [2.75, 3.05) is 20.7 Å². The molecule has 1 atom stereocenters. The van der Waals surface area contributed by atoms with Crippen LogP contribution < -0.4 is 10.1 Å². The third-order valence-electron chi connectivity index (χ3n) is 3.89. The van der Waals surface area contributed by atoms with E-state index in [4.69, 9.17) is 9.84 Å². The molecule has 0 aliphatic carbocycles. The Kier molecular flexibility index (Phi) is 6.54. The number of nitrogens with zero attached hydrogens (tertiary/aromatic N) is 1. The van der Waals surface area contributed by atoms with E-state index in [1.54, 1.807) is 62.6 Å². The number of rotatable bonds is 7. The Bertz CT molecular complexity index is 813. The van der Waals surface area contributed by atoms with E-state index in [1.165, 1.54) is 4.90 Å². The molecule has 0 saturated carbocycles. The summed E-state index contributed by atoms with van der Waals surface area (Å²) in [5.74, 6) is -0.975. The van der Waals surface area contributed by atoms with E-state index in [2.05, 4.69) is 5.32 Å². The first kappa shape index (κ1) is 20.0. The van der Waals surface area contributed by atoms with Crippen molar-refractivity contribution in [1.29, 1.82) is 0 Å². The highest BCUT2D eigenvalue weighted by atomic mass is 16.5. The topological polar surface area (TPSA) is 95.9 Å². The number of hydrogen-bond donors (Lipinski definition) is 2. The molecule has 27 heavy (non-hydrogen) atoms. The van der Waals surface area contributed by atoms with Crippen LogP contribution in [-0.2, 0) is 4.79 Å². The van der Waals surface area contributed by atoms with Crippen LogP contribution in [0.25, 0.3) is 0 Å². The smallest absolute Gasteiger partial charge is 0.341 e. The van der Waals surface area contributed by atoms with Gasteiger partial charge in [0.05, 0.1) is 6.04 Å². The van der Waals surface area contributed by atoms with Crippen LogP contribution in [-0.4, -0.2) is 48.5 Å². The molecule has 0 aromatic heterocycles. The lowest BCUT2D eigenvalue weighted by Crippen LogP contribution is -2.27. The summed E-state index contributed by atoms with van der Waals surface area (Å²) in [7, 11) is 3.34. The Morgan fingerprint density at radius 1 is 1.00 bits per heavy atom. The van der Waals surface area contributed by atoms with Crippen molar-refractivity contribution in [2.24, 2.45) is 0 Å². The van der Waals surface area contributed by atoms with E-state index < -0.39 is 12.6 Å². The maximum atomic E-state index is 12.4. The molecule has 2 aromatic rings. The van der Waals surface area contributed by atoms with E-state index in [1.807, 2.05) is 6.92 Å². The van der Waals surface area contributed by atoms with E-state index >= 15 is 0 Å². The molecule has 0 spiro atoms. The van der Waals surface area contributed by atoms with Gasteiger partial charge in [0.15, 0.2) is 6.61 Å². The lowest BCUT2D eigenvalue weighted by molar-refractivity contribution is -0.139. The summed E-state index contributed by atoms with van der Waals surface area (Å²) in [5, 5.41) is 11.5. The van der Waals surface area contributed by atoms with Crippen LogP contribution in [0.2, 0.25) is 0 Å². The lowest BCUT2D eigenvalue weighted by Gasteiger charge is -2.15. The van der Waals surface area contributed by atoms with Crippen LogP contribution in [0.4, 0.5) is 0 Å². The summed E-state index contributed by atoms with van der Waals surface area (Å²) < 4.78 is 5.08. The van der Waals surface area contributed by atoms with Crippen LogP contribution in [0.1, 0.15) is 39.2 Å². The minimum atomic E-state index is -1.04. The quantitative estimate of drug-likeness (QED) is 0.780. The molecule has 1 unspecified atom stereocenters. The molecule has 2 N–H and O–H groups in total. The van der Waals surface area contributed by atoms with Crippen molar-refractivity contribution in [3.8, 4) is 5.75 Å². The Labute approximate surface area is 157 Å². The Morgan fingerprint density at radius 3 is 2.07 bits per heavy atom. The molecule has 2 rings (SSSR count). The van der Waals surface area contributed by atoms with Gasteiger partial charge < -0.3 is 20.1 Å². The van der Waals surface area contributed by atoms with Gasteiger partial charge in [-0.3, -0.25) is 9.59 Å². The number of carbonyl (C=O) groups is 3. The molecule has 2 amide bonds. The van der Waals surface area contributed by atoms with Crippen LogP contribution in [0.3, 0.4) is 0 Å². The number of carboxylic acids is 1. The van der Waals surface area contributed by atoms with Crippen LogP contribution in [0.15, 0.2) is 48.5 Å². The molecule has 2 aromatic carbocycles. The maximum absolute atomic E-state index is 12.4. The third kappa shape index (κ3) is 5.57. The van der Waals surface area contributed by atoms with Gasteiger partial charge >= 0.3 is 5.97 Å². The zero-order valence-corrected chi connectivity index (χ0v) is 15.4. The number of hydrogen-bond acceptors (Lipinski definition) is 4. The molecule has 0 saturated heterocycles. The highest BCUT2D eigenvalue weighted by Gasteiger charge is 2.13. The summed E-state index contributed by atoms with van der Waals surface area (Å²) in [6.07, 6.45) is 0. The number of aliphatic carboxylic acids is 1. The monoisotopic (exact) mass is 370 g/mol. The molecule has 0 radical (unpaired) electrons. The van der Waals surface area contributed by atoms with E-state index in [9.17, 15) is 14.4 Å². The fourth-order valence-electron chi connectivity index (χ4n) is 2.38. The van der Waals surface area contributed by atoms with Crippen molar-refractivity contribution in [3.05, 3.63) is 65.2 Å². The molecule has 0 aliphatic rings. The molecular weight excluding hydrogens is 348 g/mol. The van der Waals surface area contributed by atoms with Crippen molar-refractivity contribution >= 4 is 17.8 Å². The fourth-order valence-corrected chi connectivity index (χ4v) is 2.38. The molecule has 0 bridgehead atoms. The van der Waals surface area contributed by atoms with Gasteiger partial charge in [0, 0.05) is 25.2 Å². The van der Waals surface area contributed by atoms with Crippen LogP contribution in [0, 0.1) is 0 Å². The first-order chi connectivity index (χ1) is 12.8. The first-order valence-electron chi connectivity index (χ1n) is 8.35. The Morgan fingerprint density at radius 2 is 1.56 bits per heavy atom. The number of carbonyl (C=O) groups excluding carboxylic acids is 2. The van der Waals surface area contributed by atoms with Crippen molar-refractivity contribution in [2.45, 2.75) is 13.0 Å². The number of amides is 2. The summed E-state index contributed by atoms with van der Waals surface area (Å²) in [6, 6.07) is 13.1. The van der Waals surface area contributed by atoms with Gasteiger partial charge in [0.2, 0.25) is 0 Å². The highest BCUT2D eigenvalue weighted by Crippen LogP contribution is 2.18. The van der Waals surface area contributed by atoms with Crippen molar-refractivity contribution in [1.82, 2.24) is 10.2 Å². The van der Waals surface area contributed by atoms with Gasteiger partial charge in [0.25, 0.3) is 11.8 Å². The maximum Gasteiger partial charge on any atom is 0.341 e. The highest BCUT2D eigenvalue weighted by molar-refractivity contribution is 5.97. The zero-order valence-electron chi connectivity index (χ0n) is 15.4. The summed E-state index contributed by atoms with van der Waals surface area (Å²) in [6.45, 7) is 1.44. The molecule has 0 heterocycles. The summed E-state index contributed by atoms with van der Waals surface area (Å²) >= 11 is 0. The molecule has 142 valence electrons. The average molecular weight is 370 g/mol. The van der Waals surface area contributed by atoms with Gasteiger partial charge in [-0.25, -0.2) is 4.79 Å². The molecule has 7 nitrogen and oxygen atoms in total. The van der Waals surface area contributed by atoms with Gasteiger partial charge in [0.1, 0.15) is 5.75 Å². The zero-order chi connectivity index (χ0) is 20.0. The number of nitrogens with one attached hydrogen (secondary N) is 1. The number of ether oxygens (including phenoxy) is 1. The van der Waals surface area contributed by atoms with E-state index in [0.717, 1.165) is 5.56 Å². The van der Waals surface area contributed by atoms with Crippen molar-refractivity contribution in [3.63, 3.8) is 0 Å². The van der Waals surface area contributed by atoms with Gasteiger partial charge in [-0.15, -0.1) is 0 Å². The number of carboxylic acid groups (broad SMARTS) is 1. The van der Waals surface area contributed by atoms with Gasteiger partial charge in [-0.05, 0) is 48.9 Å². The second-order valence-corrected chi connectivity index (χ2v) is 6.22. The molecule has 0 aliphatic heterocycles. The van der Waals surface area contributed by atoms with E-state index in [0.29, 0.717) is 16.9 Å². The third-order valence-corrected chi connectivity index (χ3v) is 3.89. The average Bonchev–Trinajstić information content (AvgIpc) is 2.66. The fraction of sp³-hybridized carbons (Fsp3) is 0.250. The number of benzene rings is 2. The second kappa shape index (κ2) is 8.84. The SMILES string of the molecule is CC(NC(=O)c1ccc(C(=O)N(C)C)cc1)c1ccc(OCC(=O)O)cc1. The minimum Gasteiger partial charge on any atom is -0.482 e. The normalized spacial score (nSPS) is 11.4. The standard InChI is InChI=1S/C20H22N2O5/c1-13(14-8-10-17(11-9-14)27-12-18(23)24)21-19(25)15-4-6-16(7-5-15)20(26)22(2)3/h4-11,13H,12H2,1-3H3,(H,21,25)(H,23,24). The molecule has 0 fully saturated rings. The van der Waals surface area contributed by atoms with Crippen molar-refractivity contribution < 1.29 is 24.2 Å². The minimum absolute atomic E-state index is 0.125. The van der Waals surface area contributed by atoms with Crippen LogP contribution in [0.5, 0.6) is 5.75 Å². The summed E-state index contributed by atoms with van der Waals surface area (Å²) in [5.41, 5.74) is 1.82. The first-order valence-corrected chi connectivity index (χ1v) is 8.35. The lowest BCUT2D eigenvalue weighted by atomic mass is 10.1. The predicted octanol–water partition coefficient (Wildman–Crippen LogP) is 2.34.